The predicted octanol–water partition coefficient (Wildman–Crippen LogP) is 4.48. The van der Waals surface area contributed by atoms with Crippen molar-refractivity contribution in [3.63, 3.8) is 0 Å². The lowest BCUT2D eigenvalue weighted by Crippen LogP contribution is -2.62. The van der Waals surface area contributed by atoms with E-state index in [1.54, 1.807) is 24.3 Å². The van der Waals surface area contributed by atoms with Crippen molar-refractivity contribution in [3.8, 4) is 5.75 Å². The van der Waals surface area contributed by atoms with Crippen molar-refractivity contribution in [3.05, 3.63) is 65.2 Å². The number of carbonyl (C=O) groups is 2. The number of rotatable bonds is 7. The SMILES string of the molecule is C[C@H](NC(=O)C1(N2CC[C@@H](Oc3cccc(C(F)(F)F)c3)C2)CCC1)c1ccc(C(N)=O)cc1.Cl. The number of benzene rings is 2. The van der Waals surface area contributed by atoms with Crippen LogP contribution >= 0.6 is 12.4 Å². The van der Waals surface area contributed by atoms with Crippen molar-refractivity contribution < 1.29 is 27.5 Å². The number of halogens is 4. The number of alkyl halides is 3. The Balaban J connectivity index is 0.00000342. The van der Waals surface area contributed by atoms with Crippen LogP contribution in [0.4, 0.5) is 13.2 Å². The van der Waals surface area contributed by atoms with Crippen LogP contribution in [0, 0.1) is 0 Å². The first-order chi connectivity index (χ1) is 16.1. The Bertz CT molecular complexity index is 1060. The van der Waals surface area contributed by atoms with Gasteiger partial charge in [-0.25, -0.2) is 0 Å². The molecule has 3 N–H and O–H groups in total. The van der Waals surface area contributed by atoms with Gasteiger partial charge in [0.2, 0.25) is 11.8 Å². The number of hydrogen-bond donors (Lipinski definition) is 2. The van der Waals surface area contributed by atoms with Crippen LogP contribution < -0.4 is 15.8 Å². The monoisotopic (exact) mass is 511 g/mol. The van der Waals surface area contributed by atoms with Gasteiger partial charge in [0.05, 0.1) is 11.6 Å². The fraction of sp³-hybridized carbons (Fsp3) is 0.440. The number of hydrogen-bond acceptors (Lipinski definition) is 4. The van der Waals surface area contributed by atoms with Gasteiger partial charge in [0.25, 0.3) is 0 Å². The Hall–Kier alpha value is -2.78. The maximum absolute atomic E-state index is 13.3. The van der Waals surface area contributed by atoms with E-state index in [0.717, 1.165) is 37.0 Å². The largest absolute Gasteiger partial charge is 0.489 e. The Morgan fingerprint density at radius 2 is 1.86 bits per heavy atom. The zero-order valence-electron chi connectivity index (χ0n) is 19.3. The number of ether oxygens (including phenoxy) is 1. The normalized spacial score (nSPS) is 20.3. The predicted molar refractivity (Wildman–Crippen MR) is 127 cm³/mol. The van der Waals surface area contributed by atoms with Gasteiger partial charge in [-0.05, 0) is 68.5 Å². The van der Waals surface area contributed by atoms with Gasteiger partial charge in [-0.2, -0.15) is 13.2 Å². The summed E-state index contributed by atoms with van der Waals surface area (Å²) in [5, 5.41) is 3.09. The second kappa shape index (κ2) is 10.5. The number of amides is 2. The molecule has 190 valence electrons. The van der Waals surface area contributed by atoms with Crippen LogP contribution in [-0.4, -0.2) is 41.4 Å². The van der Waals surface area contributed by atoms with Gasteiger partial charge >= 0.3 is 6.18 Å². The number of nitrogens with zero attached hydrogens (tertiary/aromatic N) is 1. The van der Waals surface area contributed by atoms with Crippen LogP contribution in [0.5, 0.6) is 5.75 Å². The van der Waals surface area contributed by atoms with Crippen LogP contribution in [0.15, 0.2) is 48.5 Å². The molecule has 10 heteroatoms. The van der Waals surface area contributed by atoms with Crippen molar-refractivity contribution in [1.29, 1.82) is 0 Å². The topological polar surface area (TPSA) is 84.7 Å². The van der Waals surface area contributed by atoms with Gasteiger partial charge in [0.15, 0.2) is 0 Å². The Kier molecular flexibility index (Phi) is 8.01. The van der Waals surface area contributed by atoms with E-state index in [9.17, 15) is 22.8 Å². The molecule has 4 rings (SSSR count). The molecule has 1 saturated carbocycles. The van der Waals surface area contributed by atoms with E-state index in [1.165, 1.54) is 12.1 Å². The average Bonchev–Trinajstić information content (AvgIpc) is 3.21. The summed E-state index contributed by atoms with van der Waals surface area (Å²) in [7, 11) is 0. The lowest BCUT2D eigenvalue weighted by atomic mass is 9.74. The summed E-state index contributed by atoms with van der Waals surface area (Å²) in [6.07, 6.45) is -1.69. The van der Waals surface area contributed by atoms with Gasteiger partial charge < -0.3 is 15.8 Å². The molecule has 2 aliphatic rings. The highest BCUT2D eigenvalue weighted by Gasteiger charge is 2.51. The summed E-state index contributed by atoms with van der Waals surface area (Å²) in [6, 6.07) is 11.4. The van der Waals surface area contributed by atoms with Crippen LogP contribution in [0.25, 0.3) is 0 Å². The van der Waals surface area contributed by atoms with E-state index in [1.807, 2.05) is 6.92 Å². The standard InChI is InChI=1S/C25H28F3N3O3.ClH/c1-16(17-6-8-18(9-7-17)22(29)32)30-23(33)24(11-3-12-24)31-13-10-21(15-31)34-20-5-2-4-19(14-20)25(26,27)28;/h2,4-9,14,16,21H,3,10-13,15H2,1H3,(H2,29,32)(H,30,33);1H/t16-,21+;/m0./s1. The molecule has 2 aromatic rings. The third-order valence-electron chi connectivity index (χ3n) is 6.86. The first-order valence-electron chi connectivity index (χ1n) is 11.4. The van der Waals surface area contributed by atoms with Gasteiger partial charge in [0.1, 0.15) is 17.4 Å². The third-order valence-corrected chi connectivity index (χ3v) is 6.86. The summed E-state index contributed by atoms with van der Waals surface area (Å²) < 4.78 is 44.8. The first kappa shape index (κ1) is 26.8. The van der Waals surface area contributed by atoms with Crippen molar-refractivity contribution in [2.24, 2.45) is 5.73 Å². The molecule has 35 heavy (non-hydrogen) atoms. The number of nitrogens with two attached hydrogens (primary N) is 1. The molecule has 2 fully saturated rings. The molecular weight excluding hydrogens is 483 g/mol. The summed E-state index contributed by atoms with van der Waals surface area (Å²) in [5.74, 6) is -0.389. The van der Waals surface area contributed by atoms with Crippen LogP contribution in [-0.2, 0) is 11.0 Å². The maximum Gasteiger partial charge on any atom is 0.416 e. The average molecular weight is 512 g/mol. The molecule has 0 aromatic heterocycles. The number of nitrogens with one attached hydrogen (secondary N) is 1. The molecule has 6 nitrogen and oxygen atoms in total. The van der Waals surface area contributed by atoms with Gasteiger partial charge in [-0.3, -0.25) is 14.5 Å². The smallest absolute Gasteiger partial charge is 0.416 e. The van der Waals surface area contributed by atoms with Crippen molar-refractivity contribution in [1.82, 2.24) is 10.2 Å². The Morgan fingerprint density at radius 3 is 2.43 bits per heavy atom. The summed E-state index contributed by atoms with van der Waals surface area (Å²) >= 11 is 0. The minimum atomic E-state index is -4.42. The molecule has 0 radical (unpaired) electrons. The lowest BCUT2D eigenvalue weighted by molar-refractivity contribution is -0.140. The molecule has 1 aliphatic carbocycles. The minimum Gasteiger partial charge on any atom is -0.489 e. The fourth-order valence-corrected chi connectivity index (χ4v) is 4.70. The van der Waals surface area contributed by atoms with Crippen molar-refractivity contribution in [2.45, 2.75) is 56.5 Å². The molecule has 0 bridgehead atoms. The highest BCUT2D eigenvalue weighted by atomic mass is 35.5. The van der Waals surface area contributed by atoms with Crippen LogP contribution in [0.3, 0.4) is 0 Å². The zero-order valence-corrected chi connectivity index (χ0v) is 20.1. The molecule has 2 atom stereocenters. The second-order valence-electron chi connectivity index (χ2n) is 9.07. The van der Waals surface area contributed by atoms with E-state index in [4.69, 9.17) is 10.5 Å². The van der Waals surface area contributed by atoms with E-state index in [0.29, 0.717) is 25.1 Å². The van der Waals surface area contributed by atoms with Crippen molar-refractivity contribution in [2.75, 3.05) is 13.1 Å². The summed E-state index contributed by atoms with van der Waals surface area (Å²) in [6.45, 7) is 3.00. The molecule has 1 aliphatic heterocycles. The molecule has 0 spiro atoms. The summed E-state index contributed by atoms with van der Waals surface area (Å²) in [4.78, 5) is 26.7. The molecule has 0 unspecified atom stereocenters. The number of carbonyl (C=O) groups excluding carboxylic acids is 2. The third kappa shape index (κ3) is 5.73. The van der Waals surface area contributed by atoms with E-state index < -0.39 is 23.2 Å². The van der Waals surface area contributed by atoms with Gasteiger partial charge in [-0.1, -0.05) is 18.2 Å². The fourth-order valence-electron chi connectivity index (χ4n) is 4.70. The first-order valence-corrected chi connectivity index (χ1v) is 11.4. The minimum absolute atomic E-state index is 0. The quantitative estimate of drug-likeness (QED) is 0.574. The molecule has 2 aromatic carbocycles. The van der Waals surface area contributed by atoms with Gasteiger partial charge in [0, 0.05) is 18.7 Å². The highest BCUT2D eigenvalue weighted by molar-refractivity contribution is 5.92. The second-order valence-corrected chi connectivity index (χ2v) is 9.07. The lowest BCUT2D eigenvalue weighted by Gasteiger charge is -2.47. The number of likely N-dealkylation sites (tertiary alicyclic amines) is 1. The zero-order chi connectivity index (χ0) is 24.5. The van der Waals surface area contributed by atoms with Crippen LogP contribution in [0.1, 0.15) is 60.1 Å². The van der Waals surface area contributed by atoms with E-state index in [-0.39, 0.29) is 36.2 Å². The van der Waals surface area contributed by atoms with E-state index >= 15 is 0 Å². The Labute approximate surface area is 208 Å². The van der Waals surface area contributed by atoms with Gasteiger partial charge in [-0.15, -0.1) is 12.4 Å². The van der Waals surface area contributed by atoms with Crippen LogP contribution in [0.2, 0.25) is 0 Å². The summed E-state index contributed by atoms with van der Waals surface area (Å²) in [5.41, 5.74) is 5.18. The molecule has 1 saturated heterocycles. The Morgan fingerprint density at radius 1 is 1.17 bits per heavy atom. The molecule has 1 heterocycles. The number of primary amides is 1. The maximum atomic E-state index is 13.3. The highest BCUT2D eigenvalue weighted by Crippen LogP contribution is 2.41. The molecule has 2 amide bonds. The van der Waals surface area contributed by atoms with Crippen molar-refractivity contribution >= 4 is 24.2 Å². The molecular formula is C25H29ClF3N3O3. The van der Waals surface area contributed by atoms with E-state index in [2.05, 4.69) is 10.2 Å².